The molecule has 0 aliphatic carbocycles. The average Bonchev–Trinajstić information content (AvgIpc) is 2.13. The number of aliphatic hydroxyl groups is 1. The highest BCUT2D eigenvalue weighted by Gasteiger charge is 2.27. The Bertz CT molecular complexity index is 313. The topological polar surface area (TPSA) is 99.1 Å². The fraction of sp³-hybridized carbons (Fsp3) is 0.727. The number of esters is 3. The summed E-state index contributed by atoms with van der Waals surface area (Å²) in [5.74, 6) is -1.79. The number of hydrogen-bond acceptors (Lipinski definition) is 7. The molecule has 7 heteroatoms. The minimum absolute atomic E-state index is 0.173. The van der Waals surface area contributed by atoms with E-state index in [9.17, 15) is 19.5 Å². The first-order valence-electron chi connectivity index (χ1n) is 5.42. The molecule has 0 saturated heterocycles. The number of rotatable bonds is 6. The zero-order valence-corrected chi connectivity index (χ0v) is 10.8. The van der Waals surface area contributed by atoms with Crippen LogP contribution in [0.3, 0.4) is 0 Å². The van der Waals surface area contributed by atoms with Crippen LogP contribution in [0.2, 0.25) is 0 Å². The monoisotopic (exact) mass is 262 g/mol. The molecule has 0 aliphatic rings. The molecule has 3 atom stereocenters. The SMILES string of the molecule is CC(=O)O[C@@H](C)[C@H](C[C@H](O)OC(C)=O)OC(C)=O. The summed E-state index contributed by atoms with van der Waals surface area (Å²) in [5.41, 5.74) is 0. The summed E-state index contributed by atoms with van der Waals surface area (Å²) in [6.45, 7) is 5.05. The first-order chi connectivity index (χ1) is 8.22. The van der Waals surface area contributed by atoms with Gasteiger partial charge in [-0.1, -0.05) is 0 Å². The molecule has 0 amide bonds. The van der Waals surface area contributed by atoms with E-state index in [1.165, 1.54) is 20.8 Å². The predicted octanol–water partition coefficient (Wildman–Crippen LogP) is 0.141. The Hall–Kier alpha value is -1.63. The van der Waals surface area contributed by atoms with Crippen LogP contribution in [0, 0.1) is 0 Å². The summed E-state index contributed by atoms with van der Waals surface area (Å²) in [6, 6.07) is 0. The van der Waals surface area contributed by atoms with Crippen molar-refractivity contribution in [2.24, 2.45) is 0 Å². The third-order valence-electron chi connectivity index (χ3n) is 1.93. The van der Waals surface area contributed by atoms with Crippen molar-refractivity contribution < 1.29 is 33.7 Å². The second-order valence-electron chi connectivity index (χ2n) is 3.76. The molecule has 7 nitrogen and oxygen atoms in total. The number of aliphatic hydroxyl groups excluding tert-OH is 1. The Labute approximate surface area is 105 Å². The highest BCUT2D eigenvalue weighted by molar-refractivity contribution is 5.67. The molecule has 0 spiro atoms. The maximum absolute atomic E-state index is 10.9. The smallest absolute Gasteiger partial charge is 0.304 e. The molecule has 0 aromatic heterocycles. The van der Waals surface area contributed by atoms with Crippen molar-refractivity contribution in [3.05, 3.63) is 0 Å². The minimum atomic E-state index is -1.43. The fourth-order valence-electron chi connectivity index (χ4n) is 1.32. The highest BCUT2D eigenvalue weighted by atomic mass is 16.6. The second kappa shape index (κ2) is 7.65. The molecule has 0 aliphatic heterocycles. The normalized spacial score (nSPS) is 15.2. The van der Waals surface area contributed by atoms with Gasteiger partial charge in [0.05, 0.1) is 6.42 Å². The minimum Gasteiger partial charge on any atom is -0.459 e. The van der Waals surface area contributed by atoms with Gasteiger partial charge < -0.3 is 19.3 Å². The van der Waals surface area contributed by atoms with Crippen molar-refractivity contribution in [1.29, 1.82) is 0 Å². The lowest BCUT2D eigenvalue weighted by molar-refractivity contribution is -0.182. The van der Waals surface area contributed by atoms with Crippen LogP contribution in [-0.2, 0) is 28.6 Å². The largest absolute Gasteiger partial charge is 0.459 e. The maximum atomic E-state index is 10.9. The summed E-state index contributed by atoms with van der Waals surface area (Å²) in [6.07, 6.45) is -3.24. The van der Waals surface area contributed by atoms with Gasteiger partial charge in [-0.25, -0.2) is 0 Å². The molecule has 0 fully saturated rings. The molecule has 18 heavy (non-hydrogen) atoms. The van der Waals surface area contributed by atoms with Crippen LogP contribution in [-0.4, -0.2) is 41.5 Å². The Morgan fingerprint density at radius 2 is 1.39 bits per heavy atom. The van der Waals surface area contributed by atoms with Crippen molar-refractivity contribution in [3.63, 3.8) is 0 Å². The van der Waals surface area contributed by atoms with Gasteiger partial charge in [0, 0.05) is 20.8 Å². The van der Waals surface area contributed by atoms with Crippen molar-refractivity contribution in [2.75, 3.05) is 0 Å². The molecular weight excluding hydrogens is 244 g/mol. The molecule has 0 bridgehead atoms. The predicted molar refractivity (Wildman–Crippen MR) is 59.2 cm³/mol. The fourth-order valence-corrected chi connectivity index (χ4v) is 1.32. The molecule has 0 unspecified atom stereocenters. The molecule has 0 radical (unpaired) electrons. The van der Waals surface area contributed by atoms with E-state index >= 15 is 0 Å². The number of hydrogen-bond donors (Lipinski definition) is 1. The van der Waals surface area contributed by atoms with E-state index in [1.807, 2.05) is 0 Å². The van der Waals surface area contributed by atoms with E-state index in [-0.39, 0.29) is 6.42 Å². The lowest BCUT2D eigenvalue weighted by Gasteiger charge is -2.24. The number of ether oxygens (including phenoxy) is 3. The van der Waals surface area contributed by atoms with Crippen LogP contribution < -0.4 is 0 Å². The molecule has 104 valence electrons. The van der Waals surface area contributed by atoms with Crippen LogP contribution in [0.5, 0.6) is 0 Å². The molecule has 0 heterocycles. The summed E-state index contributed by atoms with van der Waals surface area (Å²) in [5, 5.41) is 9.41. The van der Waals surface area contributed by atoms with Crippen LogP contribution in [0.15, 0.2) is 0 Å². The van der Waals surface area contributed by atoms with Crippen molar-refractivity contribution in [2.45, 2.75) is 52.6 Å². The zero-order valence-electron chi connectivity index (χ0n) is 10.8. The summed E-state index contributed by atoms with van der Waals surface area (Å²) >= 11 is 0. The highest BCUT2D eigenvalue weighted by Crippen LogP contribution is 2.12. The van der Waals surface area contributed by atoms with Gasteiger partial charge >= 0.3 is 17.9 Å². The standard InChI is InChI=1S/C11H18O7/c1-6(16-7(2)12)10(17-8(3)13)5-11(15)18-9(4)14/h6,10-11,15H,5H2,1-4H3/t6-,10-,11+/m0/s1. The Balaban J connectivity index is 4.51. The van der Waals surface area contributed by atoms with Crippen LogP contribution in [0.4, 0.5) is 0 Å². The maximum Gasteiger partial charge on any atom is 0.304 e. The molecule has 0 saturated carbocycles. The molecular formula is C11H18O7. The van der Waals surface area contributed by atoms with Crippen molar-refractivity contribution in [3.8, 4) is 0 Å². The molecule has 0 aromatic rings. The van der Waals surface area contributed by atoms with E-state index in [0.29, 0.717) is 0 Å². The summed E-state index contributed by atoms with van der Waals surface area (Å²) < 4.78 is 14.3. The van der Waals surface area contributed by atoms with E-state index in [0.717, 1.165) is 6.92 Å². The number of carbonyl (C=O) groups excluding carboxylic acids is 3. The average molecular weight is 262 g/mol. The Morgan fingerprint density at radius 3 is 1.78 bits per heavy atom. The van der Waals surface area contributed by atoms with Gasteiger partial charge in [-0.05, 0) is 6.92 Å². The van der Waals surface area contributed by atoms with Gasteiger partial charge in [0.1, 0.15) is 12.2 Å². The van der Waals surface area contributed by atoms with E-state index in [2.05, 4.69) is 4.74 Å². The Morgan fingerprint density at radius 1 is 0.944 bits per heavy atom. The lowest BCUT2D eigenvalue weighted by Crippen LogP contribution is -2.36. The van der Waals surface area contributed by atoms with Crippen LogP contribution in [0.25, 0.3) is 0 Å². The lowest BCUT2D eigenvalue weighted by atomic mass is 10.1. The van der Waals surface area contributed by atoms with E-state index in [1.54, 1.807) is 0 Å². The van der Waals surface area contributed by atoms with Crippen molar-refractivity contribution in [1.82, 2.24) is 0 Å². The second-order valence-corrected chi connectivity index (χ2v) is 3.76. The van der Waals surface area contributed by atoms with Crippen molar-refractivity contribution >= 4 is 17.9 Å². The van der Waals surface area contributed by atoms with Gasteiger partial charge in [0.25, 0.3) is 0 Å². The summed E-state index contributed by atoms with van der Waals surface area (Å²) in [4.78, 5) is 32.3. The molecule has 0 aromatic carbocycles. The quantitative estimate of drug-likeness (QED) is 0.413. The molecule has 1 N–H and O–H groups in total. The van der Waals surface area contributed by atoms with Crippen LogP contribution in [0.1, 0.15) is 34.1 Å². The van der Waals surface area contributed by atoms with Gasteiger partial charge in [0.15, 0.2) is 0 Å². The van der Waals surface area contributed by atoms with Gasteiger partial charge in [-0.3, -0.25) is 14.4 Å². The third kappa shape index (κ3) is 7.61. The van der Waals surface area contributed by atoms with E-state index in [4.69, 9.17) is 9.47 Å². The molecule has 0 rings (SSSR count). The van der Waals surface area contributed by atoms with Crippen LogP contribution >= 0.6 is 0 Å². The summed E-state index contributed by atoms with van der Waals surface area (Å²) in [7, 11) is 0. The van der Waals surface area contributed by atoms with Gasteiger partial charge in [0.2, 0.25) is 6.29 Å². The van der Waals surface area contributed by atoms with E-state index < -0.39 is 36.4 Å². The Kier molecular flexibility index (Phi) is 6.96. The first-order valence-corrected chi connectivity index (χ1v) is 5.42. The van der Waals surface area contributed by atoms with Gasteiger partial charge in [-0.15, -0.1) is 0 Å². The number of carbonyl (C=O) groups is 3. The zero-order chi connectivity index (χ0) is 14.3. The van der Waals surface area contributed by atoms with Gasteiger partial charge in [-0.2, -0.15) is 0 Å². The first kappa shape index (κ1) is 16.4. The third-order valence-corrected chi connectivity index (χ3v) is 1.93.